The minimum absolute atomic E-state index is 0.232. The molecular weight excluding hydrogens is 316 g/mol. The van der Waals surface area contributed by atoms with Gasteiger partial charge in [0.15, 0.2) is 0 Å². The zero-order valence-corrected chi connectivity index (χ0v) is 16.4. The lowest BCUT2D eigenvalue weighted by Crippen LogP contribution is -2.31. The van der Waals surface area contributed by atoms with Gasteiger partial charge in [0.05, 0.1) is 6.61 Å². The van der Waals surface area contributed by atoms with Crippen LogP contribution in [0.4, 0.5) is 0 Å². The third-order valence-corrected chi connectivity index (χ3v) is 4.78. The molecule has 0 fully saturated rings. The highest BCUT2D eigenvalue weighted by Gasteiger charge is 2.23. The fourth-order valence-corrected chi connectivity index (χ4v) is 3.02. The summed E-state index contributed by atoms with van der Waals surface area (Å²) in [5, 5.41) is 28.4. The van der Waals surface area contributed by atoms with Crippen molar-refractivity contribution in [3.8, 4) is 0 Å². The number of rotatable bonds is 17. The van der Waals surface area contributed by atoms with Crippen molar-refractivity contribution in [2.24, 2.45) is 0 Å². The van der Waals surface area contributed by atoms with Crippen LogP contribution in [0.15, 0.2) is 11.6 Å². The molecule has 148 valence electrons. The number of aliphatic hydroxyl groups excluding tert-OH is 1. The lowest BCUT2D eigenvalue weighted by Gasteiger charge is -2.25. The number of allylic oxidation sites excluding steroid dienone is 1. The summed E-state index contributed by atoms with van der Waals surface area (Å²) in [5.41, 5.74) is -0.137. The van der Waals surface area contributed by atoms with Gasteiger partial charge in [0.25, 0.3) is 0 Å². The van der Waals surface area contributed by atoms with Gasteiger partial charge < -0.3 is 15.3 Å². The van der Waals surface area contributed by atoms with E-state index in [2.05, 4.69) is 13.0 Å². The Labute approximate surface area is 154 Å². The van der Waals surface area contributed by atoms with Crippen LogP contribution >= 0.6 is 0 Å². The van der Waals surface area contributed by atoms with Crippen molar-refractivity contribution in [2.45, 2.75) is 109 Å². The van der Waals surface area contributed by atoms with E-state index in [0.717, 1.165) is 56.9 Å². The van der Waals surface area contributed by atoms with E-state index < -0.39 is 11.6 Å². The Morgan fingerprint density at radius 2 is 1.40 bits per heavy atom. The second kappa shape index (κ2) is 15.4. The van der Waals surface area contributed by atoms with Crippen molar-refractivity contribution in [3.05, 3.63) is 11.6 Å². The molecule has 0 saturated heterocycles. The van der Waals surface area contributed by atoms with E-state index in [9.17, 15) is 15.0 Å². The highest BCUT2D eigenvalue weighted by atomic mass is 16.4. The molecule has 25 heavy (non-hydrogen) atoms. The highest BCUT2D eigenvalue weighted by Crippen LogP contribution is 2.24. The average molecular weight is 357 g/mol. The molecule has 0 aromatic heterocycles. The molecule has 0 spiro atoms. The Bertz CT molecular complexity index is 361. The molecule has 0 aliphatic rings. The summed E-state index contributed by atoms with van der Waals surface area (Å²) in [6, 6.07) is 0. The van der Waals surface area contributed by atoms with E-state index in [1.165, 1.54) is 32.1 Å². The van der Waals surface area contributed by atoms with Crippen LogP contribution in [0.25, 0.3) is 0 Å². The number of unbranched alkanes of at least 4 members (excludes halogenated alkanes) is 10. The van der Waals surface area contributed by atoms with Crippen molar-refractivity contribution in [1.29, 1.82) is 0 Å². The number of hydrogen-bond donors (Lipinski definition) is 3. The molecule has 0 bridgehead atoms. The Balaban J connectivity index is 4.04. The van der Waals surface area contributed by atoms with Crippen LogP contribution in [0, 0.1) is 0 Å². The first-order valence-corrected chi connectivity index (χ1v) is 10.2. The van der Waals surface area contributed by atoms with Gasteiger partial charge in [-0.05, 0) is 44.6 Å². The standard InChI is InChI=1S/C21H40O4/c1-3-4-5-6-9-12-15-19(21(2,25)18-22)16-13-10-7-8-11-14-17-20(23)24/h16,22,25H,3-15,17-18H2,1-2H3,(H,23,24)/b19-16+. The molecule has 1 unspecified atom stereocenters. The van der Waals surface area contributed by atoms with Crippen molar-refractivity contribution >= 4 is 5.97 Å². The molecule has 4 nitrogen and oxygen atoms in total. The van der Waals surface area contributed by atoms with Crippen molar-refractivity contribution in [2.75, 3.05) is 6.61 Å². The first kappa shape index (κ1) is 24.1. The molecule has 0 aliphatic carbocycles. The molecule has 0 heterocycles. The van der Waals surface area contributed by atoms with Gasteiger partial charge in [0.1, 0.15) is 5.60 Å². The third-order valence-electron chi connectivity index (χ3n) is 4.78. The van der Waals surface area contributed by atoms with E-state index in [0.29, 0.717) is 0 Å². The van der Waals surface area contributed by atoms with Crippen molar-refractivity contribution < 1.29 is 20.1 Å². The van der Waals surface area contributed by atoms with E-state index in [-0.39, 0.29) is 13.0 Å². The quantitative estimate of drug-likeness (QED) is 0.246. The van der Waals surface area contributed by atoms with Crippen molar-refractivity contribution in [3.63, 3.8) is 0 Å². The molecule has 0 aliphatic heterocycles. The van der Waals surface area contributed by atoms with Gasteiger partial charge in [0.2, 0.25) is 0 Å². The van der Waals surface area contributed by atoms with Gasteiger partial charge in [0, 0.05) is 6.42 Å². The number of aliphatic carboxylic acids is 1. The van der Waals surface area contributed by atoms with Gasteiger partial charge in [-0.3, -0.25) is 4.79 Å². The number of carbonyl (C=O) groups is 1. The molecular formula is C21H40O4. The van der Waals surface area contributed by atoms with E-state index >= 15 is 0 Å². The fraction of sp³-hybridized carbons (Fsp3) is 0.857. The van der Waals surface area contributed by atoms with Gasteiger partial charge in [-0.1, -0.05) is 64.4 Å². The van der Waals surface area contributed by atoms with E-state index in [4.69, 9.17) is 5.11 Å². The predicted molar refractivity (Wildman–Crippen MR) is 104 cm³/mol. The molecule has 0 aromatic carbocycles. The van der Waals surface area contributed by atoms with E-state index in [1.807, 2.05) is 0 Å². The largest absolute Gasteiger partial charge is 0.481 e. The Morgan fingerprint density at radius 1 is 0.880 bits per heavy atom. The lowest BCUT2D eigenvalue weighted by atomic mass is 9.90. The number of carboxylic acids is 1. The maximum absolute atomic E-state index is 10.4. The van der Waals surface area contributed by atoms with Crippen LogP contribution in [0.5, 0.6) is 0 Å². The summed E-state index contributed by atoms with van der Waals surface area (Å²) in [4.78, 5) is 10.4. The Kier molecular flexibility index (Phi) is 14.9. The first-order valence-electron chi connectivity index (χ1n) is 10.2. The summed E-state index contributed by atoms with van der Waals surface area (Å²) >= 11 is 0. The Hall–Kier alpha value is -0.870. The molecule has 3 N–H and O–H groups in total. The zero-order valence-electron chi connectivity index (χ0n) is 16.4. The molecule has 0 rings (SSSR count). The predicted octanol–water partition coefficient (Wildman–Crippen LogP) is 5.22. The van der Waals surface area contributed by atoms with Crippen LogP contribution in [0.1, 0.15) is 104 Å². The summed E-state index contributed by atoms with van der Waals surface area (Å²) in [7, 11) is 0. The maximum atomic E-state index is 10.4. The minimum atomic E-state index is -1.11. The summed E-state index contributed by atoms with van der Waals surface area (Å²) in [6.45, 7) is 3.68. The topological polar surface area (TPSA) is 77.8 Å². The summed E-state index contributed by atoms with van der Waals surface area (Å²) < 4.78 is 0. The summed E-state index contributed by atoms with van der Waals surface area (Å²) in [6.07, 6.45) is 16.4. The summed E-state index contributed by atoms with van der Waals surface area (Å²) in [5.74, 6) is -0.714. The third kappa shape index (κ3) is 14.0. The monoisotopic (exact) mass is 356 g/mol. The van der Waals surface area contributed by atoms with Crippen LogP contribution in [-0.4, -0.2) is 33.5 Å². The maximum Gasteiger partial charge on any atom is 0.303 e. The van der Waals surface area contributed by atoms with Crippen molar-refractivity contribution in [1.82, 2.24) is 0 Å². The molecule has 0 amide bonds. The second-order valence-electron chi connectivity index (χ2n) is 7.38. The Morgan fingerprint density at radius 3 is 1.96 bits per heavy atom. The normalized spacial score (nSPS) is 14.5. The van der Waals surface area contributed by atoms with Gasteiger partial charge in [-0.15, -0.1) is 0 Å². The molecule has 4 heteroatoms. The zero-order chi connectivity index (χ0) is 19.0. The van der Waals surface area contributed by atoms with Crippen LogP contribution in [-0.2, 0) is 4.79 Å². The second-order valence-corrected chi connectivity index (χ2v) is 7.38. The molecule has 0 radical (unpaired) electrons. The fourth-order valence-electron chi connectivity index (χ4n) is 3.02. The molecule has 0 aromatic rings. The lowest BCUT2D eigenvalue weighted by molar-refractivity contribution is -0.137. The van der Waals surface area contributed by atoms with Crippen LogP contribution < -0.4 is 0 Å². The average Bonchev–Trinajstić information content (AvgIpc) is 2.57. The smallest absolute Gasteiger partial charge is 0.303 e. The highest BCUT2D eigenvalue weighted by molar-refractivity contribution is 5.66. The van der Waals surface area contributed by atoms with Gasteiger partial charge >= 0.3 is 5.97 Å². The molecule has 0 saturated carbocycles. The first-order chi connectivity index (χ1) is 11.9. The van der Waals surface area contributed by atoms with Gasteiger partial charge in [-0.2, -0.15) is 0 Å². The molecule has 1 atom stereocenters. The van der Waals surface area contributed by atoms with Crippen LogP contribution in [0.3, 0.4) is 0 Å². The number of carboxylic acid groups (broad SMARTS) is 1. The number of hydrogen-bond acceptors (Lipinski definition) is 3. The minimum Gasteiger partial charge on any atom is -0.481 e. The van der Waals surface area contributed by atoms with Crippen LogP contribution in [0.2, 0.25) is 0 Å². The van der Waals surface area contributed by atoms with Gasteiger partial charge in [-0.25, -0.2) is 0 Å². The SMILES string of the molecule is CCCCCCCC/C(=C\CCCCCCCC(=O)O)C(C)(O)CO. The number of aliphatic hydroxyl groups is 2. The van der Waals surface area contributed by atoms with E-state index in [1.54, 1.807) is 6.92 Å².